The van der Waals surface area contributed by atoms with Crippen LogP contribution in [0.2, 0.25) is 0 Å². The summed E-state index contributed by atoms with van der Waals surface area (Å²) >= 11 is 0. The van der Waals surface area contributed by atoms with Gasteiger partial charge in [0.05, 0.1) is 6.04 Å². The zero-order chi connectivity index (χ0) is 24.4. The molecule has 3 atom stereocenters. The molecule has 4 aliphatic heterocycles. The van der Waals surface area contributed by atoms with Gasteiger partial charge in [-0.25, -0.2) is 0 Å². The molecule has 186 valence electrons. The van der Waals surface area contributed by atoms with Gasteiger partial charge in [-0.15, -0.1) is 0 Å². The maximum absolute atomic E-state index is 14.0. The highest BCUT2D eigenvalue weighted by atomic mass is 16.7. The molecule has 0 saturated carbocycles. The van der Waals surface area contributed by atoms with E-state index >= 15 is 0 Å². The van der Waals surface area contributed by atoms with Crippen molar-refractivity contribution in [2.45, 2.75) is 44.3 Å². The number of piperazine rings is 1. The number of nitrogens with one attached hydrogen (secondary N) is 1. The lowest BCUT2D eigenvalue weighted by Crippen LogP contribution is -2.65. The van der Waals surface area contributed by atoms with Crippen molar-refractivity contribution in [3.8, 4) is 11.5 Å². The Hall–Kier alpha value is -3.52. The fraction of sp³-hybridized carbons (Fsp3) is 0.429. The summed E-state index contributed by atoms with van der Waals surface area (Å²) in [7, 11) is 0. The van der Waals surface area contributed by atoms with Crippen LogP contribution in [0.15, 0.2) is 42.5 Å². The summed E-state index contributed by atoms with van der Waals surface area (Å²) in [4.78, 5) is 37.6. The van der Waals surface area contributed by atoms with Crippen LogP contribution in [-0.2, 0) is 16.0 Å². The fourth-order valence-corrected chi connectivity index (χ4v) is 6.61. The first-order valence-corrected chi connectivity index (χ1v) is 13.0. The molecule has 1 N–H and O–H groups in total. The molecule has 2 aromatic carbocycles. The van der Waals surface area contributed by atoms with Gasteiger partial charge in [0.25, 0.3) is 0 Å². The van der Waals surface area contributed by atoms with Crippen molar-refractivity contribution in [1.29, 1.82) is 0 Å². The van der Waals surface area contributed by atoms with Crippen molar-refractivity contribution in [2.24, 2.45) is 0 Å². The van der Waals surface area contributed by atoms with E-state index in [1.165, 1.54) is 0 Å². The molecule has 0 unspecified atom stereocenters. The molecule has 4 aliphatic rings. The number of likely N-dealkylation sites (tertiary alicyclic amines) is 1. The third-order valence-electron chi connectivity index (χ3n) is 8.23. The van der Waals surface area contributed by atoms with Crippen LogP contribution in [0.3, 0.4) is 0 Å². The summed E-state index contributed by atoms with van der Waals surface area (Å²) in [6.07, 6.45) is 2.54. The summed E-state index contributed by atoms with van der Waals surface area (Å²) in [6, 6.07) is 13.2. The Morgan fingerprint density at radius 3 is 2.83 bits per heavy atom. The van der Waals surface area contributed by atoms with Gasteiger partial charge in [-0.2, -0.15) is 0 Å². The maximum Gasteiger partial charge on any atom is 0.246 e. The molecule has 8 nitrogen and oxygen atoms in total. The highest BCUT2D eigenvalue weighted by molar-refractivity contribution is 5.98. The van der Waals surface area contributed by atoms with E-state index in [2.05, 4.69) is 28.9 Å². The Morgan fingerprint density at radius 2 is 1.94 bits per heavy atom. The van der Waals surface area contributed by atoms with Crippen LogP contribution in [0.5, 0.6) is 11.5 Å². The van der Waals surface area contributed by atoms with E-state index in [9.17, 15) is 9.59 Å². The molecule has 1 aromatic heterocycles. The lowest BCUT2D eigenvalue weighted by Gasteiger charge is -2.48. The largest absolute Gasteiger partial charge is 0.454 e. The number of nitrogens with zero attached hydrogens (tertiary/aromatic N) is 3. The molecule has 0 radical (unpaired) electrons. The normalized spacial score (nSPS) is 25.5. The topological polar surface area (TPSA) is 78.1 Å². The molecule has 7 rings (SSSR count). The molecule has 0 aliphatic carbocycles. The van der Waals surface area contributed by atoms with Crippen molar-refractivity contribution >= 4 is 22.7 Å². The van der Waals surface area contributed by atoms with Crippen molar-refractivity contribution < 1.29 is 19.1 Å². The highest BCUT2D eigenvalue weighted by Crippen LogP contribution is 2.45. The van der Waals surface area contributed by atoms with E-state index in [-0.39, 0.29) is 37.2 Å². The average Bonchev–Trinajstić information content (AvgIpc) is 3.63. The lowest BCUT2D eigenvalue weighted by atomic mass is 9.85. The van der Waals surface area contributed by atoms with Crippen molar-refractivity contribution in [3.05, 3.63) is 59.3 Å². The zero-order valence-electron chi connectivity index (χ0n) is 20.4. The number of amides is 2. The van der Waals surface area contributed by atoms with E-state index in [0.717, 1.165) is 60.2 Å². The minimum atomic E-state index is -0.520. The highest BCUT2D eigenvalue weighted by Gasteiger charge is 2.50. The number of benzene rings is 2. The first kappa shape index (κ1) is 21.7. The summed E-state index contributed by atoms with van der Waals surface area (Å²) in [5, 5.41) is 1.12. The van der Waals surface area contributed by atoms with Gasteiger partial charge in [-0.1, -0.05) is 31.2 Å². The zero-order valence-corrected chi connectivity index (χ0v) is 20.4. The molecule has 0 spiro atoms. The monoisotopic (exact) mass is 486 g/mol. The van der Waals surface area contributed by atoms with E-state index in [1.54, 1.807) is 0 Å². The van der Waals surface area contributed by atoms with Crippen LogP contribution in [0.1, 0.15) is 42.6 Å². The Labute approximate surface area is 209 Å². The fourth-order valence-electron chi connectivity index (χ4n) is 6.61. The van der Waals surface area contributed by atoms with E-state index in [1.807, 2.05) is 40.1 Å². The average molecular weight is 487 g/mol. The second kappa shape index (κ2) is 8.27. The molecule has 8 heteroatoms. The molecule has 2 amide bonds. The van der Waals surface area contributed by atoms with Gasteiger partial charge in [0.2, 0.25) is 18.6 Å². The minimum absolute atomic E-state index is 0.000476. The number of carbonyl (C=O) groups is 2. The predicted octanol–water partition coefficient (Wildman–Crippen LogP) is 3.07. The molecule has 3 aromatic rings. The Morgan fingerprint density at radius 1 is 1.08 bits per heavy atom. The molecular formula is C28H30N4O4. The van der Waals surface area contributed by atoms with Gasteiger partial charge in [-0.3, -0.25) is 9.59 Å². The Bertz CT molecular complexity index is 1370. The third-order valence-corrected chi connectivity index (χ3v) is 8.23. The van der Waals surface area contributed by atoms with Crippen LogP contribution in [0.4, 0.5) is 0 Å². The smallest absolute Gasteiger partial charge is 0.246 e. The molecule has 2 fully saturated rings. The summed E-state index contributed by atoms with van der Waals surface area (Å²) in [5.41, 5.74) is 4.05. The minimum Gasteiger partial charge on any atom is -0.454 e. The molecule has 36 heavy (non-hydrogen) atoms. The van der Waals surface area contributed by atoms with Crippen molar-refractivity contribution in [1.82, 2.24) is 19.7 Å². The molecular weight excluding hydrogens is 456 g/mol. The summed E-state index contributed by atoms with van der Waals surface area (Å²) in [6.45, 7) is 5.37. The van der Waals surface area contributed by atoms with Crippen LogP contribution >= 0.6 is 0 Å². The Balaban J connectivity index is 1.31. The number of H-pyrrole nitrogens is 1. The van der Waals surface area contributed by atoms with E-state index in [4.69, 9.17) is 9.47 Å². The van der Waals surface area contributed by atoms with Gasteiger partial charge in [0, 0.05) is 42.1 Å². The number of para-hydroxylation sites is 1. The quantitative estimate of drug-likeness (QED) is 0.613. The van der Waals surface area contributed by atoms with Gasteiger partial charge in [0.15, 0.2) is 11.5 Å². The third kappa shape index (κ3) is 3.24. The van der Waals surface area contributed by atoms with Crippen LogP contribution in [0, 0.1) is 0 Å². The number of rotatable bonds is 4. The number of ether oxygens (including phenoxy) is 2. The number of hydrogen-bond donors (Lipinski definition) is 1. The van der Waals surface area contributed by atoms with Crippen molar-refractivity contribution in [3.63, 3.8) is 0 Å². The number of carbonyl (C=O) groups excluding carboxylic acids is 2. The van der Waals surface area contributed by atoms with E-state index in [0.29, 0.717) is 17.9 Å². The SMILES string of the molecule is CCCN1CC[C@@H](N2CC(=O)N3[C@H](c4ccc5c(c4)OCO5)c4[nH]c5ccccc5c4C[C@@H]3C2=O)C1. The number of aromatic nitrogens is 1. The van der Waals surface area contributed by atoms with Gasteiger partial charge < -0.3 is 29.2 Å². The first-order chi connectivity index (χ1) is 17.6. The van der Waals surface area contributed by atoms with Crippen LogP contribution < -0.4 is 9.47 Å². The number of fused-ring (bicyclic) bond motifs is 5. The Kier molecular flexibility index (Phi) is 4.99. The van der Waals surface area contributed by atoms with Gasteiger partial charge in [-0.05, 0) is 48.7 Å². The van der Waals surface area contributed by atoms with Crippen LogP contribution in [0.25, 0.3) is 10.9 Å². The van der Waals surface area contributed by atoms with E-state index < -0.39 is 6.04 Å². The van der Waals surface area contributed by atoms with Gasteiger partial charge >= 0.3 is 0 Å². The van der Waals surface area contributed by atoms with Crippen LogP contribution in [-0.4, -0.2) is 76.6 Å². The molecule has 0 bridgehead atoms. The van der Waals surface area contributed by atoms with Gasteiger partial charge in [0.1, 0.15) is 12.6 Å². The second-order valence-electron chi connectivity index (χ2n) is 10.3. The molecule has 2 saturated heterocycles. The summed E-state index contributed by atoms with van der Waals surface area (Å²) < 4.78 is 11.2. The standard InChI is InChI=1S/C28H30N4O4/c1-2-10-30-11-9-18(14-30)31-15-25(33)32-22(28(31)34)13-20-19-5-3-4-6-21(19)29-26(20)27(32)17-7-8-23-24(12-17)36-16-35-23/h3-8,12,18,22,27,29H,2,9-11,13-16H2,1H3/t18-,22-,27-/m1/s1. The first-order valence-electron chi connectivity index (χ1n) is 13.0. The van der Waals surface area contributed by atoms with Crippen molar-refractivity contribution in [2.75, 3.05) is 33.0 Å². The maximum atomic E-state index is 14.0. The number of aromatic amines is 1. The summed E-state index contributed by atoms with van der Waals surface area (Å²) in [5.74, 6) is 1.44. The molecule has 5 heterocycles. The predicted molar refractivity (Wildman–Crippen MR) is 134 cm³/mol. The number of hydrogen-bond acceptors (Lipinski definition) is 5. The lowest BCUT2D eigenvalue weighted by molar-refractivity contribution is -0.160. The second-order valence-corrected chi connectivity index (χ2v) is 10.3.